The van der Waals surface area contributed by atoms with Gasteiger partial charge in [0.05, 0.1) is 0 Å². The minimum Gasteiger partial charge on any atom is -0.370 e. The highest BCUT2D eigenvalue weighted by atomic mass is 16.1. The first-order chi connectivity index (χ1) is 9.69. The number of carbonyl (C=O) groups excluding carboxylic acids is 1. The second-order valence-electron chi connectivity index (χ2n) is 5.43. The van der Waals surface area contributed by atoms with Gasteiger partial charge >= 0.3 is 0 Å². The fourth-order valence-electron chi connectivity index (χ4n) is 2.47. The van der Waals surface area contributed by atoms with E-state index in [1.54, 1.807) is 12.3 Å². The first kappa shape index (κ1) is 14.8. The molecule has 20 heavy (non-hydrogen) atoms. The Kier molecular flexibility index (Phi) is 5.35. The van der Waals surface area contributed by atoms with Crippen LogP contribution in [0.15, 0.2) is 18.3 Å². The number of anilines is 1. The van der Waals surface area contributed by atoms with Crippen LogP contribution in [-0.4, -0.2) is 48.5 Å². The molecule has 1 fully saturated rings. The number of likely N-dealkylation sites (N-methyl/N-ethyl adjacent to an activating group) is 1. The van der Waals surface area contributed by atoms with Gasteiger partial charge in [0, 0.05) is 30.9 Å². The van der Waals surface area contributed by atoms with Crippen molar-refractivity contribution in [3.05, 3.63) is 23.9 Å². The highest BCUT2D eigenvalue weighted by Crippen LogP contribution is 2.11. The zero-order valence-electron chi connectivity index (χ0n) is 12.4. The number of nitrogens with one attached hydrogen (secondary N) is 2. The molecule has 1 amide bonds. The van der Waals surface area contributed by atoms with Gasteiger partial charge in [0.15, 0.2) is 0 Å². The van der Waals surface area contributed by atoms with Crippen LogP contribution in [0.4, 0.5) is 5.82 Å². The van der Waals surface area contributed by atoms with Gasteiger partial charge in [-0.2, -0.15) is 0 Å². The summed E-state index contributed by atoms with van der Waals surface area (Å²) in [6, 6.07) is 3.83. The molecule has 2 rings (SSSR count). The van der Waals surface area contributed by atoms with E-state index in [4.69, 9.17) is 0 Å². The maximum atomic E-state index is 12.3. The molecule has 5 nitrogen and oxygen atoms in total. The number of piperidine rings is 1. The van der Waals surface area contributed by atoms with E-state index in [-0.39, 0.29) is 11.9 Å². The predicted molar refractivity (Wildman–Crippen MR) is 81.0 cm³/mol. The lowest BCUT2D eigenvalue weighted by Crippen LogP contribution is -2.46. The fraction of sp³-hybridized carbons (Fsp3) is 0.600. The first-order valence-corrected chi connectivity index (χ1v) is 7.38. The number of likely N-dealkylation sites (tertiary alicyclic amines) is 1. The van der Waals surface area contributed by atoms with Gasteiger partial charge in [-0.15, -0.1) is 0 Å². The van der Waals surface area contributed by atoms with Gasteiger partial charge in [-0.25, -0.2) is 4.98 Å². The lowest BCUT2D eigenvalue weighted by atomic mass is 10.1. The van der Waals surface area contributed by atoms with Gasteiger partial charge in [0.2, 0.25) is 0 Å². The van der Waals surface area contributed by atoms with Gasteiger partial charge < -0.3 is 15.5 Å². The van der Waals surface area contributed by atoms with Crippen molar-refractivity contribution in [2.45, 2.75) is 32.2 Å². The van der Waals surface area contributed by atoms with Gasteiger partial charge in [0.25, 0.3) is 5.91 Å². The van der Waals surface area contributed by atoms with Crippen LogP contribution in [0, 0.1) is 0 Å². The van der Waals surface area contributed by atoms with Gasteiger partial charge in [0.1, 0.15) is 5.82 Å². The lowest BCUT2D eigenvalue weighted by molar-refractivity contribution is 0.0912. The summed E-state index contributed by atoms with van der Waals surface area (Å²) in [4.78, 5) is 18.7. The molecule has 1 unspecified atom stereocenters. The number of pyridine rings is 1. The Morgan fingerprint density at radius 1 is 1.55 bits per heavy atom. The second kappa shape index (κ2) is 7.24. The molecular weight excluding hydrogens is 252 g/mol. The average Bonchev–Trinajstić information content (AvgIpc) is 2.45. The van der Waals surface area contributed by atoms with Crippen LogP contribution in [0.3, 0.4) is 0 Å². The minimum atomic E-state index is -0.00718. The molecule has 2 N–H and O–H groups in total. The maximum absolute atomic E-state index is 12.3. The van der Waals surface area contributed by atoms with E-state index in [0.717, 1.165) is 44.7 Å². The van der Waals surface area contributed by atoms with Crippen LogP contribution in [0.5, 0.6) is 0 Å². The van der Waals surface area contributed by atoms with Crippen LogP contribution in [0.2, 0.25) is 0 Å². The molecule has 1 saturated heterocycles. The largest absolute Gasteiger partial charge is 0.370 e. The van der Waals surface area contributed by atoms with Crippen molar-refractivity contribution in [3.63, 3.8) is 0 Å². The number of amides is 1. The molecule has 0 spiro atoms. The molecule has 0 aromatic carbocycles. The molecule has 2 heterocycles. The molecule has 1 aromatic rings. The van der Waals surface area contributed by atoms with Crippen molar-refractivity contribution in [2.75, 3.05) is 32.0 Å². The first-order valence-electron chi connectivity index (χ1n) is 7.38. The molecule has 0 radical (unpaired) electrons. The quantitative estimate of drug-likeness (QED) is 0.860. The third kappa shape index (κ3) is 4.20. The van der Waals surface area contributed by atoms with Crippen LogP contribution < -0.4 is 10.6 Å². The van der Waals surface area contributed by atoms with Gasteiger partial charge in [-0.05, 0) is 45.0 Å². The summed E-state index contributed by atoms with van der Waals surface area (Å²) >= 11 is 0. The fourth-order valence-corrected chi connectivity index (χ4v) is 2.47. The zero-order chi connectivity index (χ0) is 14.4. The Morgan fingerprint density at radius 3 is 3.15 bits per heavy atom. The summed E-state index contributed by atoms with van der Waals surface area (Å²) in [7, 11) is 2.09. The molecule has 1 atom stereocenters. The van der Waals surface area contributed by atoms with Crippen molar-refractivity contribution in [3.8, 4) is 0 Å². The van der Waals surface area contributed by atoms with Crippen LogP contribution in [0.1, 0.15) is 36.5 Å². The normalized spacial score (nSPS) is 19.6. The maximum Gasteiger partial charge on any atom is 0.251 e. The summed E-state index contributed by atoms with van der Waals surface area (Å²) in [6.45, 7) is 5.01. The van der Waals surface area contributed by atoms with Crippen LogP contribution in [-0.2, 0) is 0 Å². The summed E-state index contributed by atoms with van der Waals surface area (Å²) in [5, 5.41) is 6.31. The molecule has 1 aromatic heterocycles. The van der Waals surface area contributed by atoms with Crippen molar-refractivity contribution >= 4 is 11.7 Å². The summed E-state index contributed by atoms with van der Waals surface area (Å²) < 4.78 is 0. The van der Waals surface area contributed by atoms with Crippen LogP contribution >= 0.6 is 0 Å². The molecule has 110 valence electrons. The molecule has 1 aliphatic rings. The van der Waals surface area contributed by atoms with E-state index in [9.17, 15) is 4.79 Å². The number of carbonyl (C=O) groups is 1. The minimum absolute atomic E-state index is 0.00718. The number of hydrogen-bond donors (Lipinski definition) is 2. The third-order valence-electron chi connectivity index (χ3n) is 3.54. The van der Waals surface area contributed by atoms with Gasteiger partial charge in [-0.1, -0.05) is 6.92 Å². The van der Waals surface area contributed by atoms with Gasteiger partial charge in [-0.3, -0.25) is 4.79 Å². The Labute approximate surface area is 120 Å². The summed E-state index contributed by atoms with van der Waals surface area (Å²) in [5.74, 6) is 0.757. The van der Waals surface area contributed by atoms with Crippen molar-refractivity contribution in [1.29, 1.82) is 0 Å². The standard InChI is InChI=1S/C15H24N4O/c1-3-7-16-14-10-12(6-8-17-14)15(20)18-13-5-4-9-19(2)11-13/h6,8,10,13H,3-5,7,9,11H2,1-2H3,(H,16,17)(H,18,20). The van der Waals surface area contributed by atoms with Crippen molar-refractivity contribution in [1.82, 2.24) is 15.2 Å². The van der Waals surface area contributed by atoms with Crippen LogP contribution in [0.25, 0.3) is 0 Å². The molecule has 0 aliphatic carbocycles. The third-order valence-corrected chi connectivity index (χ3v) is 3.54. The topological polar surface area (TPSA) is 57.3 Å². The highest BCUT2D eigenvalue weighted by Gasteiger charge is 2.19. The monoisotopic (exact) mass is 276 g/mol. The zero-order valence-corrected chi connectivity index (χ0v) is 12.4. The summed E-state index contributed by atoms with van der Waals surface area (Å²) in [5.41, 5.74) is 0.673. The predicted octanol–water partition coefficient (Wildman–Crippen LogP) is 1.73. The van der Waals surface area contributed by atoms with E-state index in [2.05, 4.69) is 34.5 Å². The molecular formula is C15H24N4O. The van der Waals surface area contributed by atoms with Crippen molar-refractivity contribution in [2.24, 2.45) is 0 Å². The Hall–Kier alpha value is -1.62. The molecule has 5 heteroatoms. The highest BCUT2D eigenvalue weighted by molar-refractivity contribution is 5.95. The van der Waals surface area contributed by atoms with E-state index in [0.29, 0.717) is 5.56 Å². The SMILES string of the molecule is CCCNc1cc(C(=O)NC2CCCN(C)C2)ccn1. The Morgan fingerprint density at radius 2 is 2.40 bits per heavy atom. The number of rotatable bonds is 5. The van der Waals surface area contributed by atoms with E-state index >= 15 is 0 Å². The lowest BCUT2D eigenvalue weighted by Gasteiger charge is -2.30. The second-order valence-corrected chi connectivity index (χ2v) is 5.43. The Bertz CT molecular complexity index is 449. The molecule has 0 bridgehead atoms. The van der Waals surface area contributed by atoms with E-state index in [1.165, 1.54) is 0 Å². The van der Waals surface area contributed by atoms with E-state index in [1.807, 2.05) is 6.07 Å². The number of aromatic nitrogens is 1. The average molecular weight is 276 g/mol. The number of nitrogens with zero attached hydrogens (tertiary/aromatic N) is 2. The van der Waals surface area contributed by atoms with Crippen molar-refractivity contribution < 1.29 is 4.79 Å². The Balaban J connectivity index is 1.94. The number of hydrogen-bond acceptors (Lipinski definition) is 4. The molecule has 1 aliphatic heterocycles. The van der Waals surface area contributed by atoms with E-state index < -0.39 is 0 Å². The smallest absolute Gasteiger partial charge is 0.251 e. The summed E-state index contributed by atoms with van der Waals surface area (Å²) in [6.07, 6.45) is 4.91. The molecule has 0 saturated carbocycles.